The topological polar surface area (TPSA) is 106 Å². The molecule has 6 rings (SSSR count). The summed E-state index contributed by atoms with van der Waals surface area (Å²) in [6.07, 6.45) is 2.51. The fraction of sp³-hybridized carbons (Fsp3) is 0.133. The van der Waals surface area contributed by atoms with Crippen LogP contribution in [0.2, 0.25) is 0 Å². The predicted molar refractivity (Wildman–Crippen MR) is 153 cm³/mol. The SMILES string of the molecule is Nc1nc(-c2cccc(CC(=O)c3c(F)cccc3F)c2)c(-c2ccnc(Nc3ccc4c(c3)CNCC4)n2)s1. The Labute approximate surface area is 233 Å². The number of hydrogen-bond donors (Lipinski definition) is 3. The molecule has 200 valence electrons. The number of aromatic nitrogens is 3. The first kappa shape index (κ1) is 25.7. The van der Waals surface area contributed by atoms with Crippen LogP contribution in [0.4, 0.5) is 25.5 Å². The monoisotopic (exact) mass is 554 g/mol. The van der Waals surface area contributed by atoms with Crippen molar-refractivity contribution in [2.75, 3.05) is 17.6 Å². The number of nitrogens with zero attached hydrogens (tertiary/aromatic N) is 3. The number of nitrogens with one attached hydrogen (secondary N) is 2. The van der Waals surface area contributed by atoms with Crippen LogP contribution in [-0.2, 0) is 19.4 Å². The average Bonchev–Trinajstić information content (AvgIpc) is 3.35. The van der Waals surface area contributed by atoms with Crippen molar-refractivity contribution in [3.63, 3.8) is 0 Å². The summed E-state index contributed by atoms with van der Waals surface area (Å²) >= 11 is 1.29. The number of nitrogens with two attached hydrogens (primary N) is 1. The molecule has 3 heterocycles. The van der Waals surface area contributed by atoms with Gasteiger partial charge in [-0.05, 0) is 66.1 Å². The molecule has 0 fully saturated rings. The van der Waals surface area contributed by atoms with Crippen LogP contribution in [0.1, 0.15) is 27.0 Å². The van der Waals surface area contributed by atoms with Gasteiger partial charge in [0, 0.05) is 30.4 Å². The van der Waals surface area contributed by atoms with Gasteiger partial charge in [0.1, 0.15) is 11.6 Å². The van der Waals surface area contributed by atoms with Gasteiger partial charge in [0.15, 0.2) is 10.9 Å². The zero-order chi connectivity index (χ0) is 27.6. The molecule has 40 heavy (non-hydrogen) atoms. The lowest BCUT2D eigenvalue weighted by Crippen LogP contribution is -2.23. The van der Waals surface area contributed by atoms with Crippen LogP contribution >= 0.6 is 11.3 Å². The molecule has 10 heteroatoms. The number of carbonyl (C=O) groups excluding carboxylic acids is 1. The highest BCUT2D eigenvalue weighted by molar-refractivity contribution is 7.19. The molecule has 1 aliphatic rings. The van der Waals surface area contributed by atoms with Crippen molar-refractivity contribution >= 4 is 33.9 Å². The molecule has 0 bridgehead atoms. The molecular formula is C30H24F2N6OS. The second-order valence-corrected chi connectivity index (χ2v) is 10.5. The minimum absolute atomic E-state index is 0.168. The van der Waals surface area contributed by atoms with Crippen LogP contribution in [0.5, 0.6) is 0 Å². The van der Waals surface area contributed by atoms with Gasteiger partial charge in [0.25, 0.3) is 0 Å². The number of ketones is 1. The van der Waals surface area contributed by atoms with Gasteiger partial charge in [0.2, 0.25) is 5.95 Å². The highest BCUT2D eigenvalue weighted by Crippen LogP contribution is 2.38. The van der Waals surface area contributed by atoms with Crippen molar-refractivity contribution in [1.29, 1.82) is 0 Å². The first-order valence-electron chi connectivity index (χ1n) is 12.7. The van der Waals surface area contributed by atoms with E-state index in [0.29, 0.717) is 33.6 Å². The lowest BCUT2D eigenvalue weighted by Gasteiger charge is -2.18. The molecule has 0 saturated carbocycles. The smallest absolute Gasteiger partial charge is 0.227 e. The Hall–Kier alpha value is -4.54. The fourth-order valence-electron chi connectivity index (χ4n) is 4.81. The molecule has 0 unspecified atom stereocenters. The molecule has 0 atom stereocenters. The number of benzene rings is 3. The third-order valence-electron chi connectivity index (χ3n) is 6.69. The van der Waals surface area contributed by atoms with E-state index in [2.05, 4.69) is 32.7 Å². The van der Waals surface area contributed by atoms with Crippen molar-refractivity contribution < 1.29 is 13.6 Å². The van der Waals surface area contributed by atoms with Crippen LogP contribution in [0.3, 0.4) is 0 Å². The van der Waals surface area contributed by atoms with E-state index in [1.54, 1.807) is 30.5 Å². The number of Topliss-reactive ketones (excluding diaryl/α,β-unsaturated/α-hetero) is 1. The molecule has 2 aromatic heterocycles. The molecule has 7 nitrogen and oxygen atoms in total. The van der Waals surface area contributed by atoms with E-state index in [1.165, 1.54) is 28.5 Å². The molecule has 0 spiro atoms. The second kappa shape index (κ2) is 10.9. The first-order chi connectivity index (χ1) is 19.4. The molecular weight excluding hydrogens is 530 g/mol. The van der Waals surface area contributed by atoms with E-state index in [4.69, 9.17) is 10.7 Å². The second-order valence-electron chi connectivity index (χ2n) is 9.43. The summed E-state index contributed by atoms with van der Waals surface area (Å²) < 4.78 is 28.3. The molecule has 0 radical (unpaired) electrons. The minimum Gasteiger partial charge on any atom is -0.375 e. The van der Waals surface area contributed by atoms with Crippen molar-refractivity contribution in [2.24, 2.45) is 0 Å². The summed E-state index contributed by atoms with van der Waals surface area (Å²) in [5, 5.41) is 7.03. The number of rotatable bonds is 7. The largest absolute Gasteiger partial charge is 0.375 e. The third-order valence-corrected chi connectivity index (χ3v) is 7.59. The number of fused-ring (bicyclic) bond motifs is 1. The fourth-order valence-corrected chi connectivity index (χ4v) is 5.63. The normalized spacial score (nSPS) is 12.7. The zero-order valence-electron chi connectivity index (χ0n) is 21.2. The lowest BCUT2D eigenvalue weighted by molar-refractivity contribution is 0.0985. The summed E-state index contributed by atoms with van der Waals surface area (Å²) in [5.41, 5.74) is 11.6. The van der Waals surface area contributed by atoms with E-state index in [-0.39, 0.29) is 6.42 Å². The van der Waals surface area contributed by atoms with Gasteiger partial charge in [-0.1, -0.05) is 41.7 Å². The van der Waals surface area contributed by atoms with E-state index >= 15 is 0 Å². The maximum absolute atomic E-state index is 14.1. The van der Waals surface area contributed by atoms with Crippen LogP contribution in [0.25, 0.3) is 21.8 Å². The lowest BCUT2D eigenvalue weighted by atomic mass is 9.99. The quantitative estimate of drug-likeness (QED) is 0.214. The maximum atomic E-state index is 14.1. The van der Waals surface area contributed by atoms with Gasteiger partial charge in [-0.25, -0.2) is 23.7 Å². The Morgan fingerprint density at radius 1 is 1.00 bits per heavy atom. The highest BCUT2D eigenvalue weighted by Gasteiger charge is 2.20. The maximum Gasteiger partial charge on any atom is 0.227 e. The van der Waals surface area contributed by atoms with E-state index in [9.17, 15) is 13.6 Å². The molecule has 5 aromatic rings. The zero-order valence-corrected chi connectivity index (χ0v) is 22.1. The summed E-state index contributed by atoms with van der Waals surface area (Å²) in [4.78, 5) is 27.1. The number of nitrogen functional groups attached to an aromatic ring is 1. The van der Waals surface area contributed by atoms with Crippen LogP contribution in [0, 0.1) is 11.6 Å². The van der Waals surface area contributed by atoms with Crippen LogP contribution < -0.4 is 16.4 Å². The van der Waals surface area contributed by atoms with Crippen LogP contribution in [-0.4, -0.2) is 27.3 Å². The summed E-state index contributed by atoms with van der Waals surface area (Å²) in [5.74, 6) is -1.97. The van der Waals surface area contributed by atoms with Crippen molar-refractivity contribution in [2.45, 2.75) is 19.4 Å². The number of carbonyl (C=O) groups is 1. The third kappa shape index (κ3) is 5.31. The molecule has 0 saturated heterocycles. The van der Waals surface area contributed by atoms with Crippen molar-refractivity contribution in [3.8, 4) is 21.8 Å². The van der Waals surface area contributed by atoms with Gasteiger partial charge in [0.05, 0.1) is 21.8 Å². The Morgan fingerprint density at radius 2 is 1.82 bits per heavy atom. The van der Waals surface area contributed by atoms with Gasteiger partial charge in [-0.3, -0.25) is 4.79 Å². The van der Waals surface area contributed by atoms with Gasteiger partial charge in [-0.15, -0.1) is 0 Å². The Balaban J connectivity index is 1.27. The van der Waals surface area contributed by atoms with E-state index in [0.717, 1.165) is 42.2 Å². The van der Waals surface area contributed by atoms with E-state index in [1.807, 2.05) is 12.1 Å². The average molecular weight is 555 g/mol. The van der Waals surface area contributed by atoms with Gasteiger partial charge in [-0.2, -0.15) is 0 Å². The Kier molecular flexibility index (Phi) is 7.02. The number of thiazole rings is 1. The number of anilines is 3. The Morgan fingerprint density at radius 3 is 2.67 bits per heavy atom. The molecule has 1 aliphatic heterocycles. The summed E-state index contributed by atoms with van der Waals surface area (Å²) in [7, 11) is 0. The first-order valence-corrected chi connectivity index (χ1v) is 13.5. The number of hydrogen-bond acceptors (Lipinski definition) is 8. The Bertz CT molecular complexity index is 1720. The van der Waals surface area contributed by atoms with Crippen molar-refractivity contribution in [3.05, 3.63) is 107 Å². The molecule has 4 N–H and O–H groups in total. The summed E-state index contributed by atoms with van der Waals surface area (Å²) in [6, 6.07) is 18.5. The summed E-state index contributed by atoms with van der Waals surface area (Å²) in [6.45, 7) is 1.81. The number of halogens is 2. The van der Waals surface area contributed by atoms with Crippen molar-refractivity contribution in [1.82, 2.24) is 20.3 Å². The van der Waals surface area contributed by atoms with E-state index < -0.39 is 23.0 Å². The predicted octanol–water partition coefficient (Wildman–Crippen LogP) is 5.94. The standard InChI is InChI=1S/C30H24F2N6OS/c31-22-5-2-6-23(32)26(22)25(39)14-17-3-1-4-19(13-17)27-28(40-29(33)38-27)24-10-12-35-30(37-24)36-21-8-7-18-9-11-34-16-20(18)15-21/h1-8,10,12-13,15,34H,9,11,14,16H2,(H2,33,38)(H,35,36,37). The molecule has 0 amide bonds. The van der Waals surface area contributed by atoms with Gasteiger partial charge >= 0.3 is 0 Å². The van der Waals surface area contributed by atoms with Gasteiger partial charge < -0.3 is 16.4 Å². The molecule has 3 aromatic carbocycles. The highest BCUT2D eigenvalue weighted by atomic mass is 32.1. The van der Waals surface area contributed by atoms with Crippen LogP contribution in [0.15, 0.2) is 72.9 Å². The minimum atomic E-state index is -0.879. The molecule has 0 aliphatic carbocycles.